The van der Waals surface area contributed by atoms with E-state index < -0.39 is 0 Å². The highest BCUT2D eigenvalue weighted by molar-refractivity contribution is 5.88. The van der Waals surface area contributed by atoms with Crippen molar-refractivity contribution >= 4 is 11.9 Å². The van der Waals surface area contributed by atoms with Gasteiger partial charge in [-0.15, -0.1) is 0 Å². The van der Waals surface area contributed by atoms with Gasteiger partial charge in [0.2, 0.25) is 0 Å². The molecule has 88 valence electrons. The number of pyridine rings is 1. The fourth-order valence-electron chi connectivity index (χ4n) is 1.50. The van der Waals surface area contributed by atoms with Crippen LogP contribution in [0.4, 0.5) is 10.6 Å². The third kappa shape index (κ3) is 2.51. The maximum Gasteiger partial charge on any atom is 0.415 e. The van der Waals surface area contributed by atoms with Gasteiger partial charge in [-0.05, 0) is 26.0 Å². The van der Waals surface area contributed by atoms with Crippen LogP contribution in [0.15, 0.2) is 18.2 Å². The SMILES string of the molecule is CC.Cc1cccc(N2C(=O)OC[C@@H]2C)n1. The molecule has 0 spiro atoms. The van der Waals surface area contributed by atoms with Crippen molar-refractivity contribution in [3.8, 4) is 0 Å². The van der Waals surface area contributed by atoms with Crippen LogP contribution < -0.4 is 4.90 Å². The molecule has 0 unspecified atom stereocenters. The van der Waals surface area contributed by atoms with Gasteiger partial charge in [-0.3, -0.25) is 4.90 Å². The van der Waals surface area contributed by atoms with Gasteiger partial charge < -0.3 is 4.74 Å². The lowest BCUT2D eigenvalue weighted by Gasteiger charge is -2.16. The second kappa shape index (κ2) is 5.49. The molecule has 1 aromatic heterocycles. The van der Waals surface area contributed by atoms with Crippen molar-refractivity contribution in [2.75, 3.05) is 11.5 Å². The monoisotopic (exact) mass is 222 g/mol. The van der Waals surface area contributed by atoms with E-state index in [1.54, 1.807) is 4.90 Å². The van der Waals surface area contributed by atoms with Gasteiger partial charge in [0.25, 0.3) is 0 Å². The number of rotatable bonds is 1. The van der Waals surface area contributed by atoms with E-state index in [2.05, 4.69) is 4.98 Å². The van der Waals surface area contributed by atoms with E-state index in [4.69, 9.17) is 4.74 Å². The summed E-state index contributed by atoms with van der Waals surface area (Å²) in [4.78, 5) is 17.2. The first kappa shape index (κ1) is 12.5. The van der Waals surface area contributed by atoms with E-state index >= 15 is 0 Å². The lowest BCUT2D eigenvalue weighted by Crippen LogP contribution is -2.31. The average molecular weight is 222 g/mol. The van der Waals surface area contributed by atoms with Gasteiger partial charge in [-0.25, -0.2) is 9.78 Å². The van der Waals surface area contributed by atoms with Crippen LogP contribution in [0.25, 0.3) is 0 Å². The molecule has 1 aliphatic heterocycles. The highest BCUT2D eigenvalue weighted by Crippen LogP contribution is 2.20. The summed E-state index contributed by atoms with van der Waals surface area (Å²) in [6.07, 6.45) is -0.310. The molecule has 0 bridgehead atoms. The predicted octanol–water partition coefficient (Wildman–Crippen LogP) is 2.76. The Morgan fingerprint density at radius 1 is 1.44 bits per heavy atom. The molecule has 1 fully saturated rings. The largest absolute Gasteiger partial charge is 0.447 e. The first-order valence-electron chi connectivity index (χ1n) is 5.58. The minimum atomic E-state index is -0.310. The second-order valence-corrected chi connectivity index (χ2v) is 3.43. The van der Waals surface area contributed by atoms with Crippen LogP contribution in [-0.4, -0.2) is 23.7 Å². The highest BCUT2D eigenvalue weighted by Gasteiger charge is 2.31. The van der Waals surface area contributed by atoms with Gasteiger partial charge in [-0.2, -0.15) is 0 Å². The molecule has 4 heteroatoms. The zero-order chi connectivity index (χ0) is 12.1. The van der Waals surface area contributed by atoms with Gasteiger partial charge in [0, 0.05) is 5.69 Å². The number of carbonyl (C=O) groups is 1. The third-order valence-corrected chi connectivity index (χ3v) is 2.21. The average Bonchev–Trinajstić information content (AvgIpc) is 2.61. The van der Waals surface area contributed by atoms with Crippen molar-refractivity contribution in [1.29, 1.82) is 0 Å². The zero-order valence-corrected chi connectivity index (χ0v) is 10.2. The summed E-state index contributed by atoms with van der Waals surface area (Å²) in [5.41, 5.74) is 0.898. The number of carbonyl (C=O) groups excluding carboxylic acids is 1. The van der Waals surface area contributed by atoms with E-state index in [1.807, 2.05) is 45.9 Å². The Balaban J connectivity index is 0.000000606. The normalized spacial score (nSPS) is 18.9. The van der Waals surface area contributed by atoms with Crippen molar-refractivity contribution in [3.63, 3.8) is 0 Å². The Morgan fingerprint density at radius 3 is 2.62 bits per heavy atom. The Kier molecular flexibility index (Phi) is 4.28. The minimum absolute atomic E-state index is 0.0665. The number of ether oxygens (including phenoxy) is 1. The standard InChI is InChI=1S/C10H12N2O2.C2H6/c1-7-4-3-5-9(11-7)12-8(2)6-14-10(12)13;1-2/h3-5,8H,6H2,1-2H3;1-2H3/t8-;/m0./s1. The molecule has 0 aromatic carbocycles. The van der Waals surface area contributed by atoms with Gasteiger partial charge in [0.1, 0.15) is 12.4 Å². The van der Waals surface area contributed by atoms with Crippen molar-refractivity contribution < 1.29 is 9.53 Å². The summed E-state index contributed by atoms with van der Waals surface area (Å²) in [6, 6.07) is 5.67. The summed E-state index contributed by atoms with van der Waals surface area (Å²) < 4.78 is 4.92. The van der Waals surface area contributed by atoms with Gasteiger partial charge in [0.15, 0.2) is 0 Å². The number of cyclic esters (lactones) is 1. The maximum absolute atomic E-state index is 11.4. The molecule has 2 heterocycles. The Labute approximate surface area is 96.2 Å². The summed E-state index contributed by atoms with van der Waals surface area (Å²) in [7, 11) is 0. The third-order valence-electron chi connectivity index (χ3n) is 2.21. The summed E-state index contributed by atoms with van der Waals surface area (Å²) in [6.45, 7) is 8.28. The number of anilines is 1. The molecular weight excluding hydrogens is 204 g/mol. The van der Waals surface area contributed by atoms with Crippen molar-refractivity contribution in [1.82, 2.24) is 4.98 Å². The molecular formula is C12H18N2O2. The lowest BCUT2D eigenvalue weighted by atomic mass is 10.3. The zero-order valence-electron chi connectivity index (χ0n) is 10.2. The molecule has 16 heavy (non-hydrogen) atoms. The minimum Gasteiger partial charge on any atom is -0.447 e. The van der Waals surface area contributed by atoms with Crippen molar-refractivity contribution in [2.24, 2.45) is 0 Å². The molecule has 0 radical (unpaired) electrons. The Morgan fingerprint density at radius 2 is 2.12 bits per heavy atom. The second-order valence-electron chi connectivity index (χ2n) is 3.43. The first-order chi connectivity index (χ1) is 7.68. The van der Waals surface area contributed by atoms with Crippen LogP contribution in [0.3, 0.4) is 0 Å². The summed E-state index contributed by atoms with van der Waals surface area (Å²) >= 11 is 0. The molecule has 1 amide bonds. The van der Waals surface area contributed by atoms with Crippen LogP contribution in [0.2, 0.25) is 0 Å². The maximum atomic E-state index is 11.4. The predicted molar refractivity (Wildman–Crippen MR) is 63.6 cm³/mol. The molecule has 0 N–H and O–H groups in total. The van der Waals surface area contributed by atoms with E-state index in [0.29, 0.717) is 12.4 Å². The van der Waals surface area contributed by atoms with Crippen molar-refractivity contribution in [3.05, 3.63) is 23.9 Å². The number of hydrogen-bond donors (Lipinski definition) is 0. The molecule has 1 aromatic rings. The Hall–Kier alpha value is -1.58. The lowest BCUT2D eigenvalue weighted by molar-refractivity contribution is 0.179. The summed E-state index contributed by atoms with van der Waals surface area (Å²) in [5, 5.41) is 0. The molecule has 0 saturated carbocycles. The van der Waals surface area contributed by atoms with Crippen LogP contribution in [0, 0.1) is 6.92 Å². The van der Waals surface area contributed by atoms with E-state index in [9.17, 15) is 4.79 Å². The summed E-state index contributed by atoms with van der Waals surface area (Å²) in [5.74, 6) is 0.667. The highest BCUT2D eigenvalue weighted by atomic mass is 16.6. The fourth-order valence-corrected chi connectivity index (χ4v) is 1.50. The number of amides is 1. The van der Waals surface area contributed by atoms with Gasteiger partial charge >= 0.3 is 6.09 Å². The van der Waals surface area contributed by atoms with E-state index in [-0.39, 0.29) is 12.1 Å². The van der Waals surface area contributed by atoms with E-state index in [0.717, 1.165) is 5.69 Å². The van der Waals surface area contributed by atoms with Crippen LogP contribution >= 0.6 is 0 Å². The molecule has 0 aliphatic carbocycles. The van der Waals surface area contributed by atoms with Crippen LogP contribution in [0.1, 0.15) is 26.5 Å². The van der Waals surface area contributed by atoms with Gasteiger partial charge in [0.05, 0.1) is 6.04 Å². The molecule has 1 atom stereocenters. The molecule has 2 rings (SSSR count). The molecule has 1 aliphatic rings. The molecule has 4 nitrogen and oxygen atoms in total. The van der Waals surface area contributed by atoms with Crippen molar-refractivity contribution in [2.45, 2.75) is 33.7 Å². The Bertz CT molecular complexity index is 366. The quantitative estimate of drug-likeness (QED) is 0.733. The van der Waals surface area contributed by atoms with E-state index in [1.165, 1.54) is 0 Å². The number of aryl methyl sites for hydroxylation is 1. The molecule has 1 saturated heterocycles. The van der Waals surface area contributed by atoms with Gasteiger partial charge in [-0.1, -0.05) is 19.9 Å². The first-order valence-corrected chi connectivity index (χ1v) is 5.58. The smallest absolute Gasteiger partial charge is 0.415 e. The topological polar surface area (TPSA) is 42.4 Å². The number of nitrogens with zero attached hydrogens (tertiary/aromatic N) is 2. The number of aromatic nitrogens is 1. The van der Waals surface area contributed by atoms with Crippen LogP contribution in [0.5, 0.6) is 0 Å². The number of hydrogen-bond acceptors (Lipinski definition) is 3. The fraction of sp³-hybridized carbons (Fsp3) is 0.500. The van der Waals surface area contributed by atoms with Crippen LogP contribution in [-0.2, 0) is 4.74 Å².